The highest BCUT2D eigenvalue weighted by Gasteiger charge is 2.06. The molecule has 0 aliphatic heterocycles. The molecule has 0 atom stereocenters. The van der Waals surface area contributed by atoms with Gasteiger partial charge in [-0.15, -0.1) is 0 Å². The highest BCUT2D eigenvalue weighted by Crippen LogP contribution is 2.25. The third-order valence-electron chi connectivity index (χ3n) is 3.24. The van der Waals surface area contributed by atoms with Gasteiger partial charge >= 0.3 is 0 Å². The quantitative estimate of drug-likeness (QED) is 0.896. The second-order valence-electron chi connectivity index (χ2n) is 4.79. The summed E-state index contributed by atoms with van der Waals surface area (Å²) >= 11 is 0. The van der Waals surface area contributed by atoms with Gasteiger partial charge < -0.3 is 4.74 Å². The molecule has 0 aliphatic carbocycles. The third kappa shape index (κ3) is 2.73. The van der Waals surface area contributed by atoms with E-state index in [9.17, 15) is 0 Å². The van der Waals surface area contributed by atoms with E-state index in [1.807, 2.05) is 6.92 Å². The van der Waals surface area contributed by atoms with E-state index in [0.717, 1.165) is 23.6 Å². The average molecular weight is 244 g/mol. The highest BCUT2D eigenvalue weighted by atomic mass is 16.5. The van der Waals surface area contributed by atoms with Gasteiger partial charge in [-0.05, 0) is 50.5 Å². The summed E-state index contributed by atoms with van der Waals surface area (Å²) in [5.74, 6) is 1.02. The van der Waals surface area contributed by atoms with E-state index in [0.29, 0.717) is 6.61 Å². The zero-order valence-electron chi connectivity index (χ0n) is 11.5. The van der Waals surface area contributed by atoms with Crippen LogP contribution in [0.25, 0.3) is 0 Å². The Balaban J connectivity index is 2.00. The molecule has 96 valence electrons. The van der Waals surface area contributed by atoms with E-state index in [1.54, 1.807) is 0 Å². The molecule has 0 unspecified atom stereocenters. The van der Waals surface area contributed by atoms with Gasteiger partial charge in [-0.25, -0.2) is 0 Å². The molecule has 1 aromatic heterocycles. The van der Waals surface area contributed by atoms with Gasteiger partial charge in [0.1, 0.15) is 5.75 Å². The maximum atomic E-state index is 5.91. The predicted molar refractivity (Wildman–Crippen MR) is 73.2 cm³/mol. The maximum absolute atomic E-state index is 5.91. The molecule has 0 spiro atoms. The molecule has 0 saturated carbocycles. The minimum Gasteiger partial charge on any atom is -0.493 e. The van der Waals surface area contributed by atoms with Crippen LogP contribution in [0.3, 0.4) is 0 Å². The summed E-state index contributed by atoms with van der Waals surface area (Å²) in [4.78, 5) is 0. The van der Waals surface area contributed by atoms with Crippen molar-refractivity contribution in [3.63, 3.8) is 0 Å². The second kappa shape index (κ2) is 5.25. The van der Waals surface area contributed by atoms with Gasteiger partial charge in [0.25, 0.3) is 0 Å². The molecule has 0 saturated heterocycles. The summed E-state index contributed by atoms with van der Waals surface area (Å²) in [5, 5.41) is 7.15. The van der Waals surface area contributed by atoms with Gasteiger partial charge in [-0.2, -0.15) is 5.10 Å². The Morgan fingerprint density at radius 3 is 2.50 bits per heavy atom. The number of hydrogen-bond acceptors (Lipinski definition) is 2. The Bertz CT molecular complexity index is 543. The molecule has 0 fully saturated rings. The van der Waals surface area contributed by atoms with Crippen molar-refractivity contribution in [2.24, 2.45) is 0 Å². The van der Waals surface area contributed by atoms with E-state index in [2.05, 4.69) is 49.2 Å². The Kier molecular flexibility index (Phi) is 3.70. The lowest BCUT2D eigenvalue weighted by molar-refractivity contribution is 0.316. The first-order valence-corrected chi connectivity index (χ1v) is 6.28. The van der Waals surface area contributed by atoms with Gasteiger partial charge in [0.15, 0.2) is 0 Å². The van der Waals surface area contributed by atoms with Crippen LogP contribution >= 0.6 is 0 Å². The summed E-state index contributed by atoms with van der Waals surface area (Å²) < 4.78 is 5.91. The molecular weight excluding hydrogens is 224 g/mol. The van der Waals surface area contributed by atoms with E-state index in [-0.39, 0.29) is 0 Å². The highest BCUT2D eigenvalue weighted by molar-refractivity contribution is 5.44. The molecule has 1 aromatic carbocycles. The molecule has 1 N–H and O–H groups in total. The van der Waals surface area contributed by atoms with Crippen molar-refractivity contribution in [3.8, 4) is 5.75 Å². The van der Waals surface area contributed by atoms with Crippen LogP contribution in [0.15, 0.2) is 18.2 Å². The first kappa shape index (κ1) is 12.7. The maximum Gasteiger partial charge on any atom is 0.125 e. The minimum atomic E-state index is 0.662. The molecule has 0 aliphatic rings. The number of hydrogen-bond donors (Lipinski definition) is 1. The first-order valence-electron chi connectivity index (χ1n) is 6.28. The van der Waals surface area contributed by atoms with Crippen molar-refractivity contribution in [1.29, 1.82) is 0 Å². The minimum absolute atomic E-state index is 0.662. The summed E-state index contributed by atoms with van der Waals surface area (Å²) in [7, 11) is 0. The van der Waals surface area contributed by atoms with Crippen LogP contribution in [0, 0.1) is 27.7 Å². The molecule has 3 heteroatoms. The summed E-state index contributed by atoms with van der Waals surface area (Å²) in [6.45, 7) is 8.97. The van der Waals surface area contributed by atoms with Crippen molar-refractivity contribution in [2.45, 2.75) is 34.1 Å². The lowest BCUT2D eigenvalue weighted by atomic mass is 10.1. The van der Waals surface area contributed by atoms with Gasteiger partial charge in [-0.3, -0.25) is 5.10 Å². The van der Waals surface area contributed by atoms with Crippen LogP contribution in [-0.4, -0.2) is 16.8 Å². The van der Waals surface area contributed by atoms with E-state index in [1.165, 1.54) is 16.7 Å². The van der Waals surface area contributed by atoms with Crippen LogP contribution in [0.1, 0.15) is 28.1 Å². The lowest BCUT2D eigenvalue weighted by Crippen LogP contribution is -2.04. The number of aromatic amines is 1. The Hall–Kier alpha value is -1.77. The van der Waals surface area contributed by atoms with Crippen LogP contribution < -0.4 is 4.74 Å². The second-order valence-corrected chi connectivity index (χ2v) is 4.79. The van der Waals surface area contributed by atoms with Crippen LogP contribution in [-0.2, 0) is 6.42 Å². The number of aromatic nitrogens is 2. The molecule has 0 radical (unpaired) electrons. The van der Waals surface area contributed by atoms with Crippen molar-refractivity contribution >= 4 is 0 Å². The summed E-state index contributed by atoms with van der Waals surface area (Å²) in [6.07, 6.45) is 0.831. The summed E-state index contributed by atoms with van der Waals surface area (Å²) in [5.41, 5.74) is 5.83. The molecule has 1 heterocycles. The summed E-state index contributed by atoms with van der Waals surface area (Å²) in [6, 6.07) is 6.30. The Labute approximate surface area is 108 Å². The van der Waals surface area contributed by atoms with E-state index < -0.39 is 0 Å². The standard InChI is InChI=1S/C15H20N2O/c1-10-5-6-11(2)15(13(10)4)18-8-7-14-9-12(3)16-17-14/h5-6,9H,7-8H2,1-4H3,(H,16,17). The number of aryl methyl sites for hydroxylation is 3. The van der Waals surface area contributed by atoms with Gasteiger partial charge in [0, 0.05) is 12.1 Å². The fraction of sp³-hybridized carbons (Fsp3) is 0.400. The molecule has 0 bridgehead atoms. The number of ether oxygens (including phenoxy) is 1. The lowest BCUT2D eigenvalue weighted by Gasteiger charge is -2.13. The van der Waals surface area contributed by atoms with E-state index in [4.69, 9.17) is 4.74 Å². The number of nitrogens with one attached hydrogen (secondary N) is 1. The van der Waals surface area contributed by atoms with Gasteiger partial charge in [0.2, 0.25) is 0 Å². The monoisotopic (exact) mass is 244 g/mol. The Morgan fingerprint density at radius 2 is 1.83 bits per heavy atom. The number of H-pyrrole nitrogens is 1. The van der Waals surface area contributed by atoms with Crippen molar-refractivity contribution in [2.75, 3.05) is 6.61 Å². The van der Waals surface area contributed by atoms with Gasteiger partial charge in [0.05, 0.1) is 12.3 Å². The topological polar surface area (TPSA) is 37.9 Å². The van der Waals surface area contributed by atoms with Crippen molar-refractivity contribution < 1.29 is 4.74 Å². The zero-order valence-corrected chi connectivity index (χ0v) is 11.5. The van der Waals surface area contributed by atoms with Gasteiger partial charge in [-0.1, -0.05) is 12.1 Å². The van der Waals surface area contributed by atoms with Crippen LogP contribution in [0.5, 0.6) is 5.75 Å². The van der Waals surface area contributed by atoms with Crippen molar-refractivity contribution in [1.82, 2.24) is 10.2 Å². The third-order valence-corrected chi connectivity index (χ3v) is 3.24. The molecule has 3 nitrogen and oxygen atoms in total. The van der Waals surface area contributed by atoms with Crippen LogP contribution in [0.2, 0.25) is 0 Å². The fourth-order valence-electron chi connectivity index (χ4n) is 2.01. The fourth-order valence-corrected chi connectivity index (χ4v) is 2.01. The normalized spacial score (nSPS) is 10.7. The van der Waals surface area contributed by atoms with Crippen LogP contribution in [0.4, 0.5) is 0 Å². The molecule has 18 heavy (non-hydrogen) atoms. The van der Waals surface area contributed by atoms with E-state index >= 15 is 0 Å². The largest absolute Gasteiger partial charge is 0.493 e. The number of benzene rings is 1. The molecule has 0 amide bonds. The Morgan fingerprint density at radius 1 is 1.11 bits per heavy atom. The molecule has 2 aromatic rings. The zero-order chi connectivity index (χ0) is 13.1. The molecule has 2 rings (SSSR count). The number of rotatable bonds is 4. The predicted octanol–water partition coefficient (Wildman–Crippen LogP) is 3.26. The number of nitrogens with zero attached hydrogens (tertiary/aromatic N) is 1. The smallest absolute Gasteiger partial charge is 0.125 e. The first-order chi connectivity index (χ1) is 8.58. The average Bonchev–Trinajstić information content (AvgIpc) is 2.74. The SMILES string of the molecule is Cc1cc(CCOc2c(C)ccc(C)c2C)n[nH]1. The van der Waals surface area contributed by atoms with Crippen molar-refractivity contribution in [3.05, 3.63) is 46.3 Å². The molecular formula is C15H20N2O.